The van der Waals surface area contributed by atoms with E-state index in [9.17, 15) is 8.42 Å². The number of nitrogens with one attached hydrogen (secondary N) is 1. The van der Waals surface area contributed by atoms with Gasteiger partial charge in [0.15, 0.2) is 0 Å². The second-order valence-corrected chi connectivity index (χ2v) is 6.55. The van der Waals surface area contributed by atoms with E-state index in [1.807, 2.05) is 26.8 Å². The van der Waals surface area contributed by atoms with E-state index >= 15 is 0 Å². The Morgan fingerprint density at radius 1 is 1.35 bits per heavy atom. The Kier molecular flexibility index (Phi) is 6.39. The van der Waals surface area contributed by atoms with Crippen molar-refractivity contribution in [2.24, 2.45) is 0 Å². The van der Waals surface area contributed by atoms with E-state index in [1.165, 1.54) is 4.31 Å². The third-order valence-electron chi connectivity index (χ3n) is 3.21. The summed E-state index contributed by atoms with van der Waals surface area (Å²) in [5.74, 6) is 0. The number of hydrogen-bond donors (Lipinski definition) is 1. The van der Waals surface area contributed by atoms with E-state index in [1.54, 1.807) is 18.2 Å². The Balaban J connectivity index is 3.14. The molecule has 0 aliphatic carbocycles. The first-order valence-electron chi connectivity index (χ1n) is 6.88. The molecule has 0 aromatic heterocycles. The summed E-state index contributed by atoms with van der Waals surface area (Å²) < 4.78 is 26.5. The van der Waals surface area contributed by atoms with Gasteiger partial charge in [0, 0.05) is 19.6 Å². The van der Waals surface area contributed by atoms with Crippen molar-refractivity contribution in [1.29, 1.82) is 0 Å². The fourth-order valence-electron chi connectivity index (χ4n) is 1.95. The molecule has 4 nitrogen and oxygen atoms in total. The van der Waals surface area contributed by atoms with Gasteiger partial charge in [-0.25, -0.2) is 8.42 Å². The summed E-state index contributed by atoms with van der Waals surface area (Å²) in [6.45, 7) is 11.8. The lowest BCUT2D eigenvalue weighted by Crippen LogP contribution is -2.31. The van der Waals surface area contributed by atoms with Crippen LogP contribution >= 0.6 is 0 Å². The second-order valence-electron chi connectivity index (χ2n) is 4.61. The Bertz CT molecular complexity index is 553. The standard InChI is InChI=1S/C15H24N2O2S/c1-5-10-17(7-3)20(18,19)15-9-8-13(4)14(11-15)12-16-6-2/h5,8-9,11,16H,1,6-7,10,12H2,2-4H3. The number of nitrogens with zero attached hydrogens (tertiary/aromatic N) is 1. The number of benzene rings is 1. The summed E-state index contributed by atoms with van der Waals surface area (Å²) in [5.41, 5.74) is 2.11. The lowest BCUT2D eigenvalue weighted by molar-refractivity contribution is 0.459. The lowest BCUT2D eigenvalue weighted by Gasteiger charge is -2.19. The molecule has 5 heteroatoms. The van der Waals surface area contributed by atoms with E-state index in [0.717, 1.165) is 17.7 Å². The highest BCUT2D eigenvalue weighted by atomic mass is 32.2. The Hall–Kier alpha value is -1.17. The largest absolute Gasteiger partial charge is 0.313 e. The molecule has 0 fully saturated rings. The predicted octanol–water partition coefficient (Wildman–Crippen LogP) is 2.30. The highest BCUT2D eigenvalue weighted by Gasteiger charge is 2.22. The van der Waals surface area contributed by atoms with Crippen molar-refractivity contribution in [3.05, 3.63) is 42.0 Å². The van der Waals surface area contributed by atoms with Crippen LogP contribution in [-0.4, -0.2) is 32.4 Å². The molecule has 0 aliphatic heterocycles. The molecular formula is C15H24N2O2S. The molecule has 1 aromatic rings. The third kappa shape index (κ3) is 3.91. The highest BCUT2D eigenvalue weighted by molar-refractivity contribution is 7.89. The van der Waals surface area contributed by atoms with Crippen LogP contribution < -0.4 is 5.32 Å². The zero-order chi connectivity index (χ0) is 15.2. The molecule has 0 amide bonds. The van der Waals surface area contributed by atoms with Gasteiger partial charge < -0.3 is 5.32 Å². The Labute approximate surface area is 122 Å². The molecule has 0 aliphatic rings. The van der Waals surface area contributed by atoms with Gasteiger partial charge in [-0.2, -0.15) is 4.31 Å². The average Bonchev–Trinajstić information content (AvgIpc) is 2.43. The van der Waals surface area contributed by atoms with Crippen molar-refractivity contribution in [3.8, 4) is 0 Å². The van der Waals surface area contributed by atoms with Crippen LogP contribution in [0, 0.1) is 6.92 Å². The normalized spacial score (nSPS) is 11.8. The maximum atomic E-state index is 12.5. The molecule has 20 heavy (non-hydrogen) atoms. The maximum absolute atomic E-state index is 12.5. The van der Waals surface area contributed by atoms with E-state index < -0.39 is 10.0 Å². The summed E-state index contributed by atoms with van der Waals surface area (Å²) >= 11 is 0. The predicted molar refractivity (Wildman–Crippen MR) is 83.2 cm³/mol. The first-order valence-corrected chi connectivity index (χ1v) is 8.32. The Morgan fingerprint density at radius 3 is 2.60 bits per heavy atom. The molecule has 0 spiro atoms. The fraction of sp³-hybridized carbons (Fsp3) is 0.467. The van der Waals surface area contributed by atoms with E-state index in [0.29, 0.717) is 24.5 Å². The topological polar surface area (TPSA) is 49.4 Å². The van der Waals surface area contributed by atoms with Gasteiger partial charge in [-0.1, -0.05) is 26.0 Å². The van der Waals surface area contributed by atoms with Gasteiger partial charge in [0.05, 0.1) is 4.90 Å². The van der Waals surface area contributed by atoms with E-state index in [4.69, 9.17) is 0 Å². The van der Waals surface area contributed by atoms with Gasteiger partial charge in [0.25, 0.3) is 0 Å². The maximum Gasteiger partial charge on any atom is 0.243 e. The summed E-state index contributed by atoms with van der Waals surface area (Å²) in [4.78, 5) is 0.347. The molecule has 112 valence electrons. The molecule has 1 rings (SSSR count). The van der Waals surface area contributed by atoms with Crippen LogP contribution in [0.15, 0.2) is 35.7 Å². The second kappa shape index (κ2) is 7.57. The average molecular weight is 296 g/mol. The number of sulfonamides is 1. The number of hydrogen-bond acceptors (Lipinski definition) is 3. The quantitative estimate of drug-likeness (QED) is 0.749. The molecule has 0 atom stereocenters. The highest BCUT2D eigenvalue weighted by Crippen LogP contribution is 2.19. The van der Waals surface area contributed by atoms with E-state index in [-0.39, 0.29) is 0 Å². The molecule has 0 saturated carbocycles. The minimum atomic E-state index is -3.44. The molecule has 1 N–H and O–H groups in total. The third-order valence-corrected chi connectivity index (χ3v) is 5.15. The van der Waals surface area contributed by atoms with Gasteiger partial charge in [-0.3, -0.25) is 0 Å². The summed E-state index contributed by atoms with van der Waals surface area (Å²) in [7, 11) is -3.44. The van der Waals surface area contributed by atoms with Crippen LogP contribution in [-0.2, 0) is 16.6 Å². The van der Waals surface area contributed by atoms with Crippen LogP contribution in [0.4, 0.5) is 0 Å². The van der Waals surface area contributed by atoms with Crippen molar-refractivity contribution in [3.63, 3.8) is 0 Å². The Morgan fingerprint density at radius 2 is 2.05 bits per heavy atom. The van der Waals surface area contributed by atoms with Crippen molar-refractivity contribution >= 4 is 10.0 Å². The fourth-order valence-corrected chi connectivity index (χ4v) is 3.42. The molecular weight excluding hydrogens is 272 g/mol. The smallest absolute Gasteiger partial charge is 0.243 e. The molecule has 0 unspecified atom stereocenters. The van der Waals surface area contributed by atoms with Crippen LogP contribution in [0.1, 0.15) is 25.0 Å². The molecule has 0 radical (unpaired) electrons. The van der Waals surface area contributed by atoms with Gasteiger partial charge in [0.2, 0.25) is 10.0 Å². The summed E-state index contributed by atoms with van der Waals surface area (Å²) in [5, 5.41) is 3.23. The van der Waals surface area contributed by atoms with E-state index in [2.05, 4.69) is 11.9 Å². The molecule has 0 heterocycles. The van der Waals surface area contributed by atoms with Crippen LogP contribution in [0.25, 0.3) is 0 Å². The summed E-state index contributed by atoms with van der Waals surface area (Å²) in [6.07, 6.45) is 1.61. The molecule has 0 saturated heterocycles. The van der Waals surface area contributed by atoms with Crippen molar-refractivity contribution in [1.82, 2.24) is 9.62 Å². The van der Waals surface area contributed by atoms with Crippen LogP contribution in [0.3, 0.4) is 0 Å². The zero-order valence-electron chi connectivity index (χ0n) is 12.5. The summed E-state index contributed by atoms with van der Waals surface area (Å²) in [6, 6.07) is 5.30. The van der Waals surface area contributed by atoms with Crippen LogP contribution in [0.2, 0.25) is 0 Å². The van der Waals surface area contributed by atoms with Gasteiger partial charge in [-0.15, -0.1) is 6.58 Å². The lowest BCUT2D eigenvalue weighted by atomic mass is 10.1. The zero-order valence-corrected chi connectivity index (χ0v) is 13.3. The monoisotopic (exact) mass is 296 g/mol. The number of rotatable bonds is 8. The van der Waals surface area contributed by atoms with Gasteiger partial charge >= 0.3 is 0 Å². The van der Waals surface area contributed by atoms with Crippen molar-refractivity contribution in [2.75, 3.05) is 19.6 Å². The SMILES string of the molecule is C=CCN(CC)S(=O)(=O)c1ccc(C)c(CNCC)c1. The minimum absolute atomic E-state index is 0.329. The van der Waals surface area contributed by atoms with Gasteiger partial charge in [-0.05, 0) is 36.7 Å². The number of likely N-dealkylation sites (N-methyl/N-ethyl adjacent to an activating group) is 1. The van der Waals surface area contributed by atoms with Crippen molar-refractivity contribution in [2.45, 2.75) is 32.2 Å². The molecule has 0 bridgehead atoms. The number of aryl methyl sites for hydroxylation is 1. The molecule has 1 aromatic carbocycles. The first-order chi connectivity index (χ1) is 9.47. The van der Waals surface area contributed by atoms with Crippen LogP contribution in [0.5, 0.6) is 0 Å². The first kappa shape index (κ1) is 16.9. The van der Waals surface area contributed by atoms with Crippen molar-refractivity contribution < 1.29 is 8.42 Å². The minimum Gasteiger partial charge on any atom is -0.313 e. The van der Waals surface area contributed by atoms with Gasteiger partial charge in [0.1, 0.15) is 0 Å².